The van der Waals surface area contributed by atoms with E-state index in [1.807, 2.05) is 20.8 Å². The summed E-state index contributed by atoms with van der Waals surface area (Å²) >= 11 is 0. The Morgan fingerprint density at radius 1 is 1.56 bits per heavy atom. The number of carbonyl (C=O) groups excluding carboxylic acids is 1. The number of carbonyl (C=O) groups is 1. The summed E-state index contributed by atoms with van der Waals surface area (Å²) in [6, 6.07) is 0. The lowest BCUT2D eigenvalue weighted by Crippen LogP contribution is -2.27. The molecule has 0 spiro atoms. The molecule has 1 N–H and O–H groups in total. The average Bonchev–Trinajstić information content (AvgIpc) is 2.61. The topological polar surface area (TPSA) is 56.1 Å². The Bertz CT molecular complexity index is 352. The first-order valence-corrected chi connectivity index (χ1v) is 5.26. The first-order chi connectivity index (χ1) is 7.43. The minimum Gasteiger partial charge on any atom is -0.383 e. The molecular formula is C11H19N3O2. The molecule has 1 aromatic heterocycles. The number of nitrogens with zero attached hydrogens (tertiary/aromatic N) is 2. The highest BCUT2D eigenvalue weighted by molar-refractivity contribution is 5.94. The Balaban J connectivity index is 2.55. The lowest BCUT2D eigenvalue weighted by atomic mass is 9.96. The highest BCUT2D eigenvalue weighted by Crippen LogP contribution is 2.16. The van der Waals surface area contributed by atoms with Crippen molar-refractivity contribution < 1.29 is 9.53 Å². The number of amides is 1. The fourth-order valence-corrected chi connectivity index (χ4v) is 1.05. The number of hydrogen-bond donors (Lipinski definition) is 1. The van der Waals surface area contributed by atoms with Crippen LogP contribution in [0.1, 0.15) is 20.8 Å². The zero-order chi connectivity index (χ0) is 12.2. The molecule has 0 saturated heterocycles. The molecule has 0 radical (unpaired) electrons. The average molecular weight is 225 g/mol. The molecule has 0 aliphatic carbocycles. The molecule has 0 bridgehead atoms. The van der Waals surface area contributed by atoms with Gasteiger partial charge in [-0.3, -0.25) is 9.48 Å². The Morgan fingerprint density at radius 3 is 2.81 bits per heavy atom. The van der Waals surface area contributed by atoms with Crippen molar-refractivity contribution in [3.8, 4) is 0 Å². The minimum atomic E-state index is -0.394. The van der Waals surface area contributed by atoms with Crippen molar-refractivity contribution in [3.63, 3.8) is 0 Å². The predicted octanol–water partition coefficient (Wildman–Crippen LogP) is 1.51. The number of hydrogen-bond acceptors (Lipinski definition) is 3. The third-order valence-corrected chi connectivity index (χ3v) is 2.10. The van der Waals surface area contributed by atoms with Crippen LogP contribution in [0.2, 0.25) is 0 Å². The fraction of sp³-hybridized carbons (Fsp3) is 0.636. The molecule has 0 atom stereocenters. The van der Waals surface area contributed by atoms with Crippen molar-refractivity contribution in [1.82, 2.24) is 9.78 Å². The zero-order valence-electron chi connectivity index (χ0n) is 10.3. The molecular weight excluding hydrogens is 206 g/mol. The largest absolute Gasteiger partial charge is 0.383 e. The lowest BCUT2D eigenvalue weighted by molar-refractivity contribution is -0.123. The molecule has 1 rings (SSSR count). The second-order valence-corrected chi connectivity index (χ2v) is 4.69. The molecule has 0 aromatic carbocycles. The standard InChI is InChI=1S/C11H19N3O2/c1-11(2,3)10(15)13-9-7-12-14(8-9)5-6-16-4/h7-8H,5-6H2,1-4H3,(H,13,15). The van der Waals surface area contributed by atoms with Gasteiger partial charge in [-0.25, -0.2) is 0 Å². The summed E-state index contributed by atoms with van der Waals surface area (Å²) in [6.45, 7) is 6.91. The van der Waals surface area contributed by atoms with Gasteiger partial charge in [-0.15, -0.1) is 0 Å². The van der Waals surface area contributed by atoms with E-state index in [0.29, 0.717) is 13.2 Å². The Kier molecular flexibility index (Phi) is 4.06. The molecule has 1 amide bonds. The molecule has 0 unspecified atom stereocenters. The second kappa shape index (κ2) is 5.12. The monoisotopic (exact) mass is 225 g/mol. The van der Waals surface area contributed by atoms with Crippen LogP contribution in [0.25, 0.3) is 0 Å². The highest BCUT2D eigenvalue weighted by Gasteiger charge is 2.21. The minimum absolute atomic E-state index is 0.0150. The molecule has 5 heteroatoms. The maximum Gasteiger partial charge on any atom is 0.229 e. The van der Waals surface area contributed by atoms with Gasteiger partial charge in [0.15, 0.2) is 0 Å². The Labute approximate surface area is 95.8 Å². The van der Waals surface area contributed by atoms with E-state index in [2.05, 4.69) is 10.4 Å². The SMILES string of the molecule is COCCn1cc(NC(=O)C(C)(C)C)cn1. The molecule has 16 heavy (non-hydrogen) atoms. The number of nitrogens with one attached hydrogen (secondary N) is 1. The van der Waals surface area contributed by atoms with Gasteiger partial charge in [-0.05, 0) is 0 Å². The van der Waals surface area contributed by atoms with Crippen molar-refractivity contribution in [2.75, 3.05) is 19.0 Å². The summed E-state index contributed by atoms with van der Waals surface area (Å²) < 4.78 is 6.68. The van der Waals surface area contributed by atoms with Crippen LogP contribution in [0.5, 0.6) is 0 Å². The highest BCUT2D eigenvalue weighted by atomic mass is 16.5. The molecule has 5 nitrogen and oxygen atoms in total. The van der Waals surface area contributed by atoms with E-state index in [9.17, 15) is 4.79 Å². The van der Waals surface area contributed by atoms with E-state index >= 15 is 0 Å². The van der Waals surface area contributed by atoms with Crippen LogP contribution in [-0.2, 0) is 16.1 Å². The van der Waals surface area contributed by atoms with Gasteiger partial charge >= 0.3 is 0 Å². The Morgan fingerprint density at radius 2 is 2.25 bits per heavy atom. The van der Waals surface area contributed by atoms with Crippen LogP contribution in [0.4, 0.5) is 5.69 Å². The number of aromatic nitrogens is 2. The van der Waals surface area contributed by atoms with E-state index in [-0.39, 0.29) is 5.91 Å². The van der Waals surface area contributed by atoms with Crippen molar-refractivity contribution in [2.24, 2.45) is 5.41 Å². The van der Waals surface area contributed by atoms with Crippen LogP contribution >= 0.6 is 0 Å². The summed E-state index contributed by atoms with van der Waals surface area (Å²) in [5, 5.41) is 6.93. The van der Waals surface area contributed by atoms with Crippen LogP contribution in [0.3, 0.4) is 0 Å². The summed E-state index contributed by atoms with van der Waals surface area (Å²) in [5.74, 6) is -0.0150. The van der Waals surface area contributed by atoms with E-state index in [1.54, 1.807) is 24.2 Å². The van der Waals surface area contributed by atoms with Gasteiger partial charge in [0.1, 0.15) is 0 Å². The lowest BCUT2D eigenvalue weighted by Gasteiger charge is -2.16. The van der Waals surface area contributed by atoms with E-state index in [0.717, 1.165) is 5.69 Å². The predicted molar refractivity (Wildman–Crippen MR) is 62.2 cm³/mol. The van der Waals surface area contributed by atoms with Gasteiger partial charge in [-0.1, -0.05) is 20.8 Å². The normalized spacial score (nSPS) is 11.5. The van der Waals surface area contributed by atoms with Crippen LogP contribution in [0, 0.1) is 5.41 Å². The van der Waals surface area contributed by atoms with Gasteiger partial charge in [-0.2, -0.15) is 5.10 Å². The summed E-state index contributed by atoms with van der Waals surface area (Å²) in [6.07, 6.45) is 3.43. The van der Waals surface area contributed by atoms with Gasteiger partial charge in [0.2, 0.25) is 5.91 Å². The number of methoxy groups -OCH3 is 1. The van der Waals surface area contributed by atoms with Gasteiger partial charge in [0.25, 0.3) is 0 Å². The maximum atomic E-state index is 11.7. The second-order valence-electron chi connectivity index (χ2n) is 4.69. The van der Waals surface area contributed by atoms with E-state index in [1.165, 1.54) is 0 Å². The maximum absolute atomic E-state index is 11.7. The number of anilines is 1. The molecule has 0 aliphatic heterocycles. The third-order valence-electron chi connectivity index (χ3n) is 2.10. The molecule has 0 aliphatic rings. The van der Waals surface area contributed by atoms with Crippen LogP contribution in [-0.4, -0.2) is 29.4 Å². The quantitative estimate of drug-likeness (QED) is 0.845. The summed E-state index contributed by atoms with van der Waals surface area (Å²) in [7, 11) is 1.64. The molecule has 0 saturated carbocycles. The van der Waals surface area contributed by atoms with Gasteiger partial charge in [0.05, 0.1) is 25.0 Å². The first kappa shape index (κ1) is 12.7. The van der Waals surface area contributed by atoms with Crippen LogP contribution < -0.4 is 5.32 Å². The van der Waals surface area contributed by atoms with Crippen molar-refractivity contribution >= 4 is 11.6 Å². The van der Waals surface area contributed by atoms with E-state index in [4.69, 9.17) is 4.74 Å². The van der Waals surface area contributed by atoms with Crippen LogP contribution in [0.15, 0.2) is 12.4 Å². The molecule has 90 valence electrons. The fourth-order valence-electron chi connectivity index (χ4n) is 1.05. The number of ether oxygens (including phenoxy) is 1. The van der Waals surface area contributed by atoms with E-state index < -0.39 is 5.41 Å². The molecule has 1 heterocycles. The van der Waals surface area contributed by atoms with Crippen molar-refractivity contribution in [2.45, 2.75) is 27.3 Å². The molecule has 1 aromatic rings. The van der Waals surface area contributed by atoms with Crippen molar-refractivity contribution in [1.29, 1.82) is 0 Å². The van der Waals surface area contributed by atoms with Gasteiger partial charge in [0, 0.05) is 18.7 Å². The smallest absolute Gasteiger partial charge is 0.229 e. The molecule has 0 fully saturated rings. The third kappa shape index (κ3) is 3.66. The number of rotatable bonds is 4. The Hall–Kier alpha value is -1.36. The first-order valence-electron chi connectivity index (χ1n) is 5.26. The summed E-state index contributed by atoms with van der Waals surface area (Å²) in [5.41, 5.74) is 0.324. The zero-order valence-corrected chi connectivity index (χ0v) is 10.3. The van der Waals surface area contributed by atoms with Gasteiger partial charge < -0.3 is 10.1 Å². The summed E-state index contributed by atoms with van der Waals surface area (Å²) in [4.78, 5) is 11.7. The van der Waals surface area contributed by atoms with Crippen molar-refractivity contribution in [3.05, 3.63) is 12.4 Å².